The van der Waals surface area contributed by atoms with Crippen molar-refractivity contribution in [2.24, 2.45) is 23.7 Å². The van der Waals surface area contributed by atoms with E-state index in [9.17, 15) is 14.9 Å². The molecule has 3 saturated carbocycles. The molecule has 20 heavy (non-hydrogen) atoms. The molecular weight excluding hydrogens is 258 g/mol. The van der Waals surface area contributed by atoms with Crippen molar-refractivity contribution in [1.82, 2.24) is 0 Å². The van der Waals surface area contributed by atoms with E-state index in [4.69, 9.17) is 4.74 Å². The third-order valence-corrected chi connectivity index (χ3v) is 5.23. The van der Waals surface area contributed by atoms with Crippen molar-refractivity contribution in [2.45, 2.75) is 25.4 Å². The molecule has 5 nitrogen and oxygen atoms in total. The summed E-state index contributed by atoms with van der Waals surface area (Å²) in [5.74, 6) is 2.39. The maximum Gasteiger partial charge on any atom is 0.338 e. The molecule has 0 bridgehead atoms. The smallest absolute Gasteiger partial charge is 0.338 e. The minimum atomic E-state index is -0.472. The van der Waals surface area contributed by atoms with Crippen LogP contribution in [0.5, 0.6) is 0 Å². The van der Waals surface area contributed by atoms with Gasteiger partial charge in [0.15, 0.2) is 0 Å². The molecular formula is C15H15NO4. The van der Waals surface area contributed by atoms with Gasteiger partial charge in [-0.3, -0.25) is 10.1 Å². The molecule has 3 aliphatic carbocycles. The van der Waals surface area contributed by atoms with Crippen LogP contribution in [0.2, 0.25) is 0 Å². The number of rotatable bonds is 3. The quantitative estimate of drug-likeness (QED) is 0.482. The van der Waals surface area contributed by atoms with E-state index in [2.05, 4.69) is 0 Å². The van der Waals surface area contributed by atoms with Gasteiger partial charge in [-0.2, -0.15) is 0 Å². The molecule has 3 fully saturated rings. The van der Waals surface area contributed by atoms with Gasteiger partial charge in [-0.1, -0.05) is 0 Å². The van der Waals surface area contributed by atoms with Crippen molar-refractivity contribution in [3.63, 3.8) is 0 Å². The first-order valence-electron chi connectivity index (χ1n) is 7.10. The number of benzene rings is 1. The second kappa shape index (κ2) is 4.04. The topological polar surface area (TPSA) is 69.4 Å². The van der Waals surface area contributed by atoms with Crippen LogP contribution in [-0.4, -0.2) is 17.0 Å². The zero-order chi connectivity index (χ0) is 13.9. The lowest BCUT2D eigenvalue weighted by atomic mass is 9.72. The first-order chi connectivity index (χ1) is 9.65. The highest BCUT2D eigenvalue weighted by atomic mass is 16.6. The predicted molar refractivity (Wildman–Crippen MR) is 70.1 cm³/mol. The van der Waals surface area contributed by atoms with Crippen LogP contribution in [-0.2, 0) is 4.74 Å². The molecule has 0 aliphatic heterocycles. The van der Waals surface area contributed by atoms with Gasteiger partial charge in [0.1, 0.15) is 6.10 Å². The lowest BCUT2D eigenvalue weighted by Crippen LogP contribution is -2.35. The zero-order valence-corrected chi connectivity index (χ0v) is 10.9. The van der Waals surface area contributed by atoms with Crippen LogP contribution < -0.4 is 0 Å². The first kappa shape index (κ1) is 11.9. The molecule has 4 rings (SSSR count). The molecule has 1 aromatic carbocycles. The van der Waals surface area contributed by atoms with Crippen LogP contribution in [0.3, 0.4) is 0 Å². The van der Waals surface area contributed by atoms with E-state index in [1.807, 2.05) is 0 Å². The molecule has 5 atom stereocenters. The molecule has 0 spiro atoms. The number of hydrogen-bond acceptors (Lipinski definition) is 4. The zero-order valence-electron chi connectivity index (χ0n) is 10.9. The molecule has 104 valence electrons. The second-order valence-electron chi connectivity index (χ2n) is 6.14. The summed E-state index contributed by atoms with van der Waals surface area (Å²) in [6.07, 6.45) is 3.76. The van der Waals surface area contributed by atoms with E-state index < -0.39 is 4.92 Å². The van der Waals surface area contributed by atoms with Crippen LogP contribution in [0.25, 0.3) is 0 Å². The number of nitrogens with zero attached hydrogens (tertiary/aromatic N) is 1. The summed E-state index contributed by atoms with van der Waals surface area (Å²) >= 11 is 0. The van der Waals surface area contributed by atoms with Crippen molar-refractivity contribution < 1.29 is 14.5 Å². The first-order valence-corrected chi connectivity index (χ1v) is 7.10. The van der Waals surface area contributed by atoms with Gasteiger partial charge in [-0.15, -0.1) is 0 Å². The average Bonchev–Trinajstić information content (AvgIpc) is 3.12. The molecule has 0 unspecified atom stereocenters. The standard InChI is InChI=1S/C15H15NO4/c17-15(8-1-3-9(4-2-8)16(18)19)20-14-11-6-5-10(11)12-7-13(12)14/h1-4,10-14H,5-7H2/t10-,11+,12-,13-,14-/m1/s1. The Balaban J connectivity index is 1.46. The van der Waals surface area contributed by atoms with Crippen LogP contribution in [0.1, 0.15) is 29.6 Å². The molecule has 0 saturated heterocycles. The highest BCUT2D eigenvalue weighted by molar-refractivity contribution is 5.89. The fourth-order valence-electron chi connectivity index (χ4n) is 4.00. The number of fused-ring (bicyclic) bond motifs is 3. The largest absolute Gasteiger partial charge is 0.458 e. The number of non-ortho nitro benzene ring substituents is 1. The summed E-state index contributed by atoms with van der Waals surface area (Å²) < 4.78 is 5.68. The Bertz CT molecular complexity index is 582. The Kier molecular flexibility index (Phi) is 2.40. The van der Waals surface area contributed by atoms with Gasteiger partial charge in [0.2, 0.25) is 0 Å². The van der Waals surface area contributed by atoms with E-state index in [0.29, 0.717) is 17.4 Å². The van der Waals surface area contributed by atoms with E-state index in [1.165, 1.54) is 43.5 Å². The minimum absolute atomic E-state index is 0.0104. The fraction of sp³-hybridized carbons (Fsp3) is 0.533. The lowest BCUT2D eigenvalue weighted by Gasteiger charge is -2.36. The van der Waals surface area contributed by atoms with Crippen LogP contribution in [0, 0.1) is 33.8 Å². The van der Waals surface area contributed by atoms with Gasteiger partial charge < -0.3 is 4.74 Å². The van der Waals surface area contributed by atoms with Crippen LogP contribution in [0.15, 0.2) is 24.3 Å². The van der Waals surface area contributed by atoms with Gasteiger partial charge in [0.25, 0.3) is 5.69 Å². The highest BCUT2D eigenvalue weighted by Crippen LogP contribution is 2.66. The SMILES string of the molecule is O=C(O[C@H]1[C@@H]2C[C@@H]2[C@@H]2CC[C@@H]21)c1ccc([N+](=O)[O-])cc1. The van der Waals surface area contributed by atoms with Gasteiger partial charge in [-0.05, 0) is 55.1 Å². The van der Waals surface area contributed by atoms with Crippen LogP contribution >= 0.6 is 0 Å². The number of nitro groups is 1. The Morgan fingerprint density at radius 1 is 1.10 bits per heavy atom. The van der Waals surface area contributed by atoms with E-state index >= 15 is 0 Å². The summed E-state index contributed by atoms with van der Waals surface area (Å²) in [4.78, 5) is 22.2. The number of ether oxygens (including phenoxy) is 1. The van der Waals surface area contributed by atoms with E-state index in [-0.39, 0.29) is 17.8 Å². The number of carbonyl (C=O) groups excluding carboxylic acids is 1. The summed E-state index contributed by atoms with van der Waals surface area (Å²) in [6, 6.07) is 5.63. The molecule has 3 aliphatic rings. The lowest BCUT2D eigenvalue weighted by molar-refractivity contribution is -0.384. The predicted octanol–water partition coefficient (Wildman–Crippen LogP) is 2.80. The third kappa shape index (κ3) is 1.65. The van der Waals surface area contributed by atoms with Crippen molar-refractivity contribution >= 4 is 11.7 Å². The molecule has 5 heteroatoms. The molecule has 0 amide bonds. The van der Waals surface area contributed by atoms with Gasteiger partial charge in [0, 0.05) is 12.1 Å². The Morgan fingerprint density at radius 3 is 2.35 bits per heavy atom. The maximum atomic E-state index is 12.1. The van der Waals surface area contributed by atoms with Crippen molar-refractivity contribution in [1.29, 1.82) is 0 Å². The Labute approximate surface area is 116 Å². The van der Waals surface area contributed by atoms with Crippen molar-refractivity contribution in [3.05, 3.63) is 39.9 Å². The normalized spacial score (nSPS) is 36.5. The maximum absolute atomic E-state index is 12.1. The van der Waals surface area contributed by atoms with Crippen molar-refractivity contribution in [2.75, 3.05) is 0 Å². The number of nitro benzene ring substituents is 1. The molecule has 0 heterocycles. The van der Waals surface area contributed by atoms with E-state index in [1.54, 1.807) is 0 Å². The summed E-state index contributed by atoms with van der Waals surface area (Å²) in [6.45, 7) is 0. The van der Waals surface area contributed by atoms with Crippen LogP contribution in [0.4, 0.5) is 5.69 Å². The number of carbonyl (C=O) groups is 1. The summed E-state index contributed by atoms with van der Waals surface area (Å²) in [5.41, 5.74) is 0.388. The Hall–Kier alpha value is -1.91. The van der Waals surface area contributed by atoms with Gasteiger partial charge >= 0.3 is 5.97 Å². The van der Waals surface area contributed by atoms with Gasteiger partial charge in [-0.25, -0.2) is 4.79 Å². The molecule has 0 radical (unpaired) electrons. The third-order valence-electron chi connectivity index (χ3n) is 5.23. The fourth-order valence-corrected chi connectivity index (χ4v) is 4.00. The van der Waals surface area contributed by atoms with Gasteiger partial charge in [0.05, 0.1) is 10.5 Å². The second-order valence-corrected chi connectivity index (χ2v) is 6.14. The molecule has 0 aromatic heterocycles. The highest BCUT2D eigenvalue weighted by Gasteiger charge is 2.64. The number of hydrogen-bond donors (Lipinski definition) is 0. The minimum Gasteiger partial charge on any atom is -0.458 e. The summed E-state index contributed by atoms with van der Waals surface area (Å²) in [5, 5.41) is 10.6. The number of esters is 1. The van der Waals surface area contributed by atoms with E-state index in [0.717, 1.165) is 11.8 Å². The van der Waals surface area contributed by atoms with Crippen molar-refractivity contribution in [3.8, 4) is 0 Å². The molecule has 0 N–H and O–H groups in total. The Morgan fingerprint density at radius 2 is 1.80 bits per heavy atom. The average molecular weight is 273 g/mol. The monoisotopic (exact) mass is 273 g/mol. The summed E-state index contributed by atoms with van der Waals surface area (Å²) in [7, 11) is 0. The molecule has 1 aromatic rings.